The standard InChI is InChI=1S/C20H11F2N3O3/c21-13-4-1-12(2-5-13)3-10-16-17(11-23)19(26)25(24-18(16)20(27)28)15-8-6-14(22)7-9-15/h1-10H,(H,27,28)/b10-3-. The summed E-state index contributed by atoms with van der Waals surface area (Å²) in [6.07, 6.45) is 2.70. The molecular weight excluding hydrogens is 368 g/mol. The molecule has 6 nitrogen and oxygen atoms in total. The summed E-state index contributed by atoms with van der Waals surface area (Å²) in [5, 5.41) is 22.7. The number of aromatic carboxylic acids is 1. The summed E-state index contributed by atoms with van der Waals surface area (Å²) >= 11 is 0. The van der Waals surface area contributed by atoms with E-state index in [4.69, 9.17) is 0 Å². The van der Waals surface area contributed by atoms with Crippen LogP contribution in [0.5, 0.6) is 0 Å². The number of nitriles is 1. The molecule has 3 rings (SSSR count). The van der Waals surface area contributed by atoms with Crippen LogP contribution in [0.25, 0.3) is 17.8 Å². The number of nitrogens with zero attached hydrogens (tertiary/aromatic N) is 3. The van der Waals surface area contributed by atoms with Gasteiger partial charge in [0, 0.05) is 5.56 Å². The molecular formula is C20H11F2N3O3. The van der Waals surface area contributed by atoms with Gasteiger partial charge in [-0.15, -0.1) is 0 Å². The fourth-order valence-electron chi connectivity index (χ4n) is 2.48. The Morgan fingerprint density at radius 2 is 1.61 bits per heavy atom. The van der Waals surface area contributed by atoms with Gasteiger partial charge in [-0.2, -0.15) is 15.0 Å². The van der Waals surface area contributed by atoms with Crippen LogP contribution >= 0.6 is 0 Å². The Morgan fingerprint density at radius 3 is 2.14 bits per heavy atom. The molecule has 2 aromatic carbocycles. The number of carbonyl (C=O) groups is 1. The average Bonchev–Trinajstić information content (AvgIpc) is 2.68. The second kappa shape index (κ2) is 7.63. The van der Waals surface area contributed by atoms with Crippen LogP contribution in [0, 0.1) is 23.0 Å². The zero-order valence-corrected chi connectivity index (χ0v) is 14.1. The lowest BCUT2D eigenvalue weighted by molar-refractivity contribution is 0.0688. The van der Waals surface area contributed by atoms with Crippen LogP contribution in [-0.4, -0.2) is 20.9 Å². The number of halogens is 2. The summed E-state index contributed by atoms with van der Waals surface area (Å²) in [5.74, 6) is -2.44. The molecule has 0 aliphatic heterocycles. The minimum atomic E-state index is -1.45. The Bertz CT molecular complexity index is 1180. The Morgan fingerprint density at radius 1 is 1.04 bits per heavy atom. The van der Waals surface area contributed by atoms with Crippen LogP contribution in [0.4, 0.5) is 8.78 Å². The SMILES string of the molecule is N#Cc1c(/C=C\c2ccc(F)cc2)c(C(=O)O)nn(-c2ccc(F)cc2)c1=O. The number of aromatic nitrogens is 2. The number of benzene rings is 2. The maximum Gasteiger partial charge on any atom is 0.357 e. The van der Waals surface area contributed by atoms with Crippen molar-refractivity contribution in [1.82, 2.24) is 9.78 Å². The Balaban J connectivity index is 2.20. The predicted molar refractivity (Wildman–Crippen MR) is 96.8 cm³/mol. The van der Waals surface area contributed by atoms with Gasteiger partial charge in [-0.05, 0) is 42.0 Å². The van der Waals surface area contributed by atoms with Gasteiger partial charge in [-0.3, -0.25) is 4.79 Å². The van der Waals surface area contributed by atoms with E-state index < -0.39 is 34.4 Å². The first-order valence-corrected chi connectivity index (χ1v) is 7.91. The maximum absolute atomic E-state index is 13.1. The third-order valence-electron chi connectivity index (χ3n) is 3.83. The molecule has 0 saturated carbocycles. The van der Waals surface area contributed by atoms with Gasteiger partial charge in [0.15, 0.2) is 5.69 Å². The summed E-state index contributed by atoms with van der Waals surface area (Å²) in [6.45, 7) is 0. The molecule has 0 saturated heterocycles. The second-order valence-electron chi connectivity index (χ2n) is 5.63. The summed E-state index contributed by atoms with van der Waals surface area (Å²) < 4.78 is 26.9. The quantitative estimate of drug-likeness (QED) is 0.751. The Hall–Kier alpha value is -4.12. The first-order valence-electron chi connectivity index (χ1n) is 7.91. The second-order valence-corrected chi connectivity index (χ2v) is 5.63. The third-order valence-corrected chi connectivity index (χ3v) is 3.83. The van der Waals surface area contributed by atoms with Crippen LogP contribution in [0.1, 0.15) is 27.2 Å². The molecule has 8 heteroatoms. The molecule has 1 aromatic heterocycles. The average molecular weight is 379 g/mol. The van der Waals surface area contributed by atoms with E-state index in [0.717, 1.165) is 16.8 Å². The van der Waals surface area contributed by atoms with Crippen LogP contribution in [0.2, 0.25) is 0 Å². The van der Waals surface area contributed by atoms with E-state index >= 15 is 0 Å². The van der Waals surface area contributed by atoms with Crippen molar-refractivity contribution in [3.63, 3.8) is 0 Å². The fourth-order valence-corrected chi connectivity index (χ4v) is 2.48. The van der Waals surface area contributed by atoms with Gasteiger partial charge in [-0.1, -0.05) is 24.3 Å². The smallest absolute Gasteiger partial charge is 0.357 e. The molecule has 0 radical (unpaired) electrons. The highest BCUT2D eigenvalue weighted by atomic mass is 19.1. The van der Waals surface area contributed by atoms with Crippen molar-refractivity contribution in [2.45, 2.75) is 0 Å². The minimum absolute atomic E-state index is 0.111. The Labute approximate surface area is 157 Å². The summed E-state index contributed by atoms with van der Waals surface area (Å²) in [5.41, 5.74) is -1.35. The van der Waals surface area contributed by atoms with E-state index in [2.05, 4.69) is 5.10 Å². The molecule has 0 spiro atoms. The topological polar surface area (TPSA) is 96.0 Å². The first-order chi connectivity index (χ1) is 13.4. The monoisotopic (exact) mass is 379 g/mol. The van der Waals surface area contributed by atoms with Crippen molar-refractivity contribution in [1.29, 1.82) is 5.26 Å². The molecule has 0 atom stereocenters. The van der Waals surface area contributed by atoms with Crippen LogP contribution in [0.15, 0.2) is 53.3 Å². The first kappa shape index (κ1) is 18.7. The molecule has 138 valence electrons. The molecule has 1 N–H and O–H groups in total. The maximum atomic E-state index is 13.1. The van der Waals surface area contributed by atoms with Crippen LogP contribution < -0.4 is 5.56 Å². The lowest BCUT2D eigenvalue weighted by Gasteiger charge is -2.09. The van der Waals surface area contributed by atoms with E-state index in [1.807, 2.05) is 0 Å². The fraction of sp³-hybridized carbons (Fsp3) is 0. The zero-order valence-electron chi connectivity index (χ0n) is 14.1. The van der Waals surface area contributed by atoms with Gasteiger partial charge >= 0.3 is 5.97 Å². The molecule has 0 fully saturated rings. The molecule has 3 aromatic rings. The normalized spacial score (nSPS) is 10.8. The number of carboxylic acids is 1. The van der Waals surface area contributed by atoms with E-state index in [1.165, 1.54) is 48.6 Å². The van der Waals surface area contributed by atoms with E-state index in [-0.39, 0.29) is 11.3 Å². The van der Waals surface area contributed by atoms with Crippen molar-refractivity contribution >= 4 is 18.1 Å². The van der Waals surface area contributed by atoms with E-state index in [9.17, 15) is 28.7 Å². The minimum Gasteiger partial charge on any atom is -0.476 e. The lowest BCUT2D eigenvalue weighted by atomic mass is 10.1. The summed E-state index contributed by atoms with van der Waals surface area (Å²) in [4.78, 5) is 24.3. The highest BCUT2D eigenvalue weighted by molar-refractivity contribution is 5.92. The van der Waals surface area contributed by atoms with Gasteiger partial charge in [-0.25, -0.2) is 13.6 Å². The number of hydrogen-bond donors (Lipinski definition) is 1. The van der Waals surface area contributed by atoms with Gasteiger partial charge < -0.3 is 5.11 Å². The number of hydrogen-bond acceptors (Lipinski definition) is 4. The van der Waals surface area contributed by atoms with Crippen LogP contribution in [0.3, 0.4) is 0 Å². The predicted octanol–water partition coefficient (Wildman–Crippen LogP) is 3.25. The zero-order chi connectivity index (χ0) is 20.3. The van der Waals surface area contributed by atoms with Crippen molar-refractivity contribution in [3.8, 4) is 11.8 Å². The summed E-state index contributed by atoms with van der Waals surface area (Å²) in [6, 6.07) is 11.7. The van der Waals surface area contributed by atoms with Crippen molar-refractivity contribution in [2.24, 2.45) is 0 Å². The largest absolute Gasteiger partial charge is 0.476 e. The molecule has 0 amide bonds. The van der Waals surface area contributed by atoms with Crippen molar-refractivity contribution in [3.05, 3.63) is 92.9 Å². The molecule has 1 heterocycles. The van der Waals surface area contributed by atoms with E-state index in [0.29, 0.717) is 5.56 Å². The molecule has 28 heavy (non-hydrogen) atoms. The van der Waals surface area contributed by atoms with Crippen molar-refractivity contribution < 1.29 is 18.7 Å². The Kier molecular flexibility index (Phi) is 5.09. The van der Waals surface area contributed by atoms with Gasteiger partial charge in [0.05, 0.1) is 5.69 Å². The van der Waals surface area contributed by atoms with Crippen molar-refractivity contribution in [2.75, 3.05) is 0 Å². The third kappa shape index (κ3) is 3.68. The van der Waals surface area contributed by atoms with Crippen LogP contribution in [-0.2, 0) is 0 Å². The van der Waals surface area contributed by atoms with Gasteiger partial charge in [0.2, 0.25) is 0 Å². The summed E-state index contributed by atoms with van der Waals surface area (Å²) in [7, 11) is 0. The van der Waals surface area contributed by atoms with Gasteiger partial charge in [0.25, 0.3) is 5.56 Å². The highest BCUT2D eigenvalue weighted by Crippen LogP contribution is 2.16. The highest BCUT2D eigenvalue weighted by Gasteiger charge is 2.21. The van der Waals surface area contributed by atoms with E-state index in [1.54, 1.807) is 6.07 Å². The molecule has 0 unspecified atom stereocenters. The number of carboxylic acid groups (broad SMARTS) is 1. The molecule has 0 aliphatic carbocycles. The number of rotatable bonds is 4. The molecule has 0 aliphatic rings. The molecule has 0 bridgehead atoms. The van der Waals surface area contributed by atoms with Gasteiger partial charge in [0.1, 0.15) is 23.3 Å². The lowest BCUT2D eigenvalue weighted by Crippen LogP contribution is -2.28.